The van der Waals surface area contributed by atoms with Crippen LogP contribution in [0, 0.1) is 27.7 Å². The van der Waals surface area contributed by atoms with Gasteiger partial charge in [0, 0.05) is 0 Å². The van der Waals surface area contributed by atoms with Gasteiger partial charge >= 0.3 is 0 Å². The van der Waals surface area contributed by atoms with E-state index in [1.165, 1.54) is 143 Å². The predicted molar refractivity (Wildman–Crippen MR) is 241 cm³/mol. The summed E-state index contributed by atoms with van der Waals surface area (Å²) in [5, 5.41) is 10.6. The van der Waals surface area contributed by atoms with Gasteiger partial charge in [0.15, 0.2) is 0 Å². The summed E-state index contributed by atoms with van der Waals surface area (Å²) in [5.41, 5.74) is 23.8. The first-order valence-electron chi connectivity index (χ1n) is 19.9. The van der Waals surface area contributed by atoms with E-state index in [1.54, 1.807) is 0 Å². The Morgan fingerprint density at radius 3 is 1.46 bits per heavy atom. The molecule has 0 bridgehead atoms. The van der Waals surface area contributed by atoms with Crippen LogP contribution in [0.5, 0.6) is 0 Å². The highest BCUT2D eigenvalue weighted by molar-refractivity contribution is 6.31. The van der Waals surface area contributed by atoms with Gasteiger partial charge in [0.25, 0.3) is 0 Å². The molecule has 0 aliphatic heterocycles. The minimum absolute atomic E-state index is 1.25. The van der Waals surface area contributed by atoms with Crippen molar-refractivity contribution in [1.82, 2.24) is 0 Å². The minimum atomic E-state index is 1.25. The lowest BCUT2D eigenvalue weighted by atomic mass is 9.78. The third-order valence-corrected chi connectivity index (χ3v) is 13.1. The number of hydrogen-bond acceptors (Lipinski definition) is 0. The van der Waals surface area contributed by atoms with Gasteiger partial charge in [0.2, 0.25) is 0 Å². The fourth-order valence-corrected chi connectivity index (χ4v) is 10.8. The molecule has 0 spiro atoms. The van der Waals surface area contributed by atoms with E-state index in [4.69, 9.17) is 0 Å². The molecule has 0 aromatic heterocycles. The lowest BCUT2D eigenvalue weighted by Gasteiger charge is -2.24. The Morgan fingerprint density at radius 1 is 0.250 bits per heavy atom. The Hall–Kier alpha value is -6.76. The zero-order valence-electron chi connectivity index (χ0n) is 32.0. The summed E-state index contributed by atoms with van der Waals surface area (Å²) >= 11 is 0. The van der Waals surface area contributed by atoms with Crippen LogP contribution in [0.2, 0.25) is 0 Å². The second-order valence-electron chi connectivity index (χ2n) is 16.1. The standard InChI is InChI=1S/C56H38/c1-31-13-9-14-32(2)49(31)53-45-26-25-36(38-27-28-44-40-20-8-7-19-39(40)43-23-11-21-42(38)51(43)44)29-47(45)55(50-33(3)15-10-16-34(50)4)54-46-24-12-22-41-37-18-6-5-17-35(37)30-48(52(41)46)56(53)54/h5-30H,1-4H3. The quantitative estimate of drug-likeness (QED) is 0.160. The molecule has 10 aromatic carbocycles. The molecular weight excluding hydrogens is 673 g/mol. The first kappa shape index (κ1) is 31.6. The summed E-state index contributed by atoms with van der Waals surface area (Å²) in [6, 6.07) is 59.8. The fraction of sp³-hybridized carbons (Fsp3) is 0.0714. The summed E-state index contributed by atoms with van der Waals surface area (Å²) in [6.45, 7) is 9.16. The van der Waals surface area contributed by atoms with Gasteiger partial charge < -0.3 is 0 Å². The summed E-state index contributed by atoms with van der Waals surface area (Å²) < 4.78 is 0. The van der Waals surface area contributed by atoms with Crippen molar-refractivity contribution in [1.29, 1.82) is 0 Å². The maximum Gasteiger partial charge on any atom is -0.000699 e. The summed E-state index contributed by atoms with van der Waals surface area (Å²) in [7, 11) is 0. The van der Waals surface area contributed by atoms with Gasteiger partial charge in [-0.25, -0.2) is 0 Å². The minimum Gasteiger partial charge on any atom is -0.0617 e. The van der Waals surface area contributed by atoms with Crippen LogP contribution in [0.1, 0.15) is 22.3 Å². The molecule has 10 aromatic rings. The van der Waals surface area contributed by atoms with Crippen LogP contribution >= 0.6 is 0 Å². The molecule has 2 aliphatic carbocycles. The molecule has 2 aliphatic rings. The van der Waals surface area contributed by atoms with E-state index in [1.807, 2.05) is 0 Å². The van der Waals surface area contributed by atoms with Crippen LogP contribution in [0.3, 0.4) is 0 Å². The molecule has 56 heavy (non-hydrogen) atoms. The Bertz CT molecular complexity index is 3320. The molecule has 0 unspecified atom stereocenters. The Kier molecular flexibility index (Phi) is 6.42. The summed E-state index contributed by atoms with van der Waals surface area (Å²) in [5.74, 6) is 0. The largest absolute Gasteiger partial charge is 0.0617 e. The smallest absolute Gasteiger partial charge is 0.000699 e. The van der Waals surface area contributed by atoms with Crippen molar-refractivity contribution >= 4 is 43.1 Å². The van der Waals surface area contributed by atoms with E-state index in [0.717, 1.165) is 0 Å². The van der Waals surface area contributed by atoms with E-state index in [-0.39, 0.29) is 0 Å². The maximum atomic E-state index is 2.53. The fourth-order valence-electron chi connectivity index (χ4n) is 10.8. The third-order valence-electron chi connectivity index (χ3n) is 13.1. The molecule has 0 radical (unpaired) electrons. The Labute approximate surface area is 327 Å². The number of hydrogen-bond donors (Lipinski definition) is 0. The number of benzene rings is 10. The molecule has 262 valence electrons. The first-order valence-corrected chi connectivity index (χ1v) is 19.9. The lowest BCUT2D eigenvalue weighted by Crippen LogP contribution is -1.99. The van der Waals surface area contributed by atoms with Crippen molar-refractivity contribution in [3.05, 3.63) is 180 Å². The van der Waals surface area contributed by atoms with Crippen LogP contribution in [-0.4, -0.2) is 0 Å². The van der Waals surface area contributed by atoms with Gasteiger partial charge in [-0.3, -0.25) is 0 Å². The SMILES string of the molecule is Cc1cccc(C)c1-c1c2c(c(-c3c(C)cccc3C)c3cc(-c4ccc5c6c(cccc46)-c4ccccc4-5)ccc13)-c1cccc3c1c-2cc1ccccc13. The highest BCUT2D eigenvalue weighted by atomic mass is 14.4. The number of fused-ring (bicyclic) bond motifs is 9. The van der Waals surface area contributed by atoms with Crippen molar-refractivity contribution in [2.24, 2.45) is 0 Å². The summed E-state index contributed by atoms with van der Waals surface area (Å²) in [4.78, 5) is 0. The van der Waals surface area contributed by atoms with Gasteiger partial charge in [0.1, 0.15) is 0 Å². The van der Waals surface area contributed by atoms with Crippen LogP contribution in [0.4, 0.5) is 0 Å². The molecular formula is C56H38. The summed E-state index contributed by atoms with van der Waals surface area (Å²) in [6.07, 6.45) is 0. The van der Waals surface area contributed by atoms with Crippen molar-refractivity contribution in [2.75, 3.05) is 0 Å². The van der Waals surface area contributed by atoms with E-state index >= 15 is 0 Å². The van der Waals surface area contributed by atoms with Crippen molar-refractivity contribution in [3.63, 3.8) is 0 Å². The average Bonchev–Trinajstić information content (AvgIpc) is 3.72. The topological polar surface area (TPSA) is 0 Å². The molecule has 0 nitrogen and oxygen atoms in total. The highest BCUT2D eigenvalue weighted by Crippen LogP contribution is 2.60. The van der Waals surface area contributed by atoms with Gasteiger partial charge in [0.05, 0.1) is 0 Å². The number of aryl methyl sites for hydroxylation is 4. The second kappa shape index (κ2) is 11.4. The molecule has 12 rings (SSSR count). The average molecular weight is 711 g/mol. The van der Waals surface area contributed by atoms with Crippen LogP contribution in [0.25, 0.3) is 121 Å². The lowest BCUT2D eigenvalue weighted by molar-refractivity contribution is 1.38. The van der Waals surface area contributed by atoms with Crippen molar-refractivity contribution in [2.45, 2.75) is 27.7 Å². The maximum absolute atomic E-state index is 2.53. The van der Waals surface area contributed by atoms with Crippen molar-refractivity contribution < 1.29 is 0 Å². The van der Waals surface area contributed by atoms with Crippen LogP contribution in [0.15, 0.2) is 158 Å². The van der Waals surface area contributed by atoms with Gasteiger partial charge in [-0.15, -0.1) is 0 Å². The molecule has 0 amide bonds. The van der Waals surface area contributed by atoms with Crippen LogP contribution < -0.4 is 0 Å². The Morgan fingerprint density at radius 2 is 0.750 bits per heavy atom. The van der Waals surface area contributed by atoms with Crippen molar-refractivity contribution in [3.8, 4) is 77.9 Å². The zero-order chi connectivity index (χ0) is 37.4. The molecule has 0 atom stereocenters. The molecule has 0 heterocycles. The molecule has 0 fully saturated rings. The monoisotopic (exact) mass is 710 g/mol. The van der Waals surface area contributed by atoms with E-state index in [0.29, 0.717) is 0 Å². The van der Waals surface area contributed by atoms with Gasteiger partial charge in [-0.2, -0.15) is 0 Å². The first-order chi connectivity index (χ1) is 27.5. The molecule has 0 heteroatoms. The molecule has 0 N–H and O–H groups in total. The second-order valence-corrected chi connectivity index (χ2v) is 16.1. The third kappa shape index (κ3) is 4.09. The Balaban J connectivity index is 1.28. The van der Waals surface area contributed by atoms with E-state index in [2.05, 4.69) is 185 Å². The normalized spacial score (nSPS) is 12.3. The molecule has 0 saturated carbocycles. The van der Waals surface area contributed by atoms with Gasteiger partial charge in [-0.1, -0.05) is 146 Å². The van der Waals surface area contributed by atoms with E-state index < -0.39 is 0 Å². The van der Waals surface area contributed by atoms with Crippen LogP contribution in [-0.2, 0) is 0 Å². The predicted octanol–water partition coefficient (Wildman–Crippen LogP) is 15.8. The van der Waals surface area contributed by atoms with Gasteiger partial charge in [-0.05, 0) is 183 Å². The van der Waals surface area contributed by atoms with E-state index in [9.17, 15) is 0 Å². The highest BCUT2D eigenvalue weighted by Gasteiger charge is 2.33. The zero-order valence-corrected chi connectivity index (χ0v) is 32.0. The molecule has 0 saturated heterocycles. The number of rotatable bonds is 3.